The van der Waals surface area contributed by atoms with Crippen LogP contribution >= 0.6 is 0 Å². The van der Waals surface area contributed by atoms with Crippen molar-refractivity contribution in [3.05, 3.63) is 34.2 Å². The largest absolute Gasteiger partial charge is 0.386 e. The number of aromatic nitrogens is 1. The molecular formula is C13H21N3O3. The zero-order chi connectivity index (χ0) is 13.1. The van der Waals surface area contributed by atoms with Gasteiger partial charge in [-0.25, -0.2) is 0 Å². The van der Waals surface area contributed by atoms with Crippen LogP contribution in [0.25, 0.3) is 0 Å². The molecule has 4 N–H and O–H groups in total. The third kappa shape index (κ3) is 3.21. The number of likely N-dealkylation sites (tertiary alicyclic amines) is 1. The quantitative estimate of drug-likeness (QED) is 0.717. The van der Waals surface area contributed by atoms with E-state index in [9.17, 15) is 14.7 Å². The maximum Gasteiger partial charge on any atom is 0.253 e. The second kappa shape index (κ2) is 6.49. The Balaban J connectivity index is 0.00000180. The Morgan fingerprint density at radius 3 is 2.63 bits per heavy atom. The zero-order valence-corrected chi connectivity index (χ0v) is 10.0. The van der Waals surface area contributed by atoms with E-state index in [1.54, 1.807) is 11.0 Å². The second-order valence-corrected chi connectivity index (χ2v) is 4.46. The van der Waals surface area contributed by atoms with E-state index in [2.05, 4.69) is 4.98 Å². The normalized spacial score (nSPS) is 17.7. The summed E-state index contributed by atoms with van der Waals surface area (Å²) in [5, 5.41) is 10.0. The minimum Gasteiger partial charge on any atom is -0.386 e. The molecule has 6 nitrogen and oxygen atoms in total. The molecule has 0 aromatic carbocycles. The first-order valence-electron chi connectivity index (χ1n) is 6.01. The lowest BCUT2D eigenvalue weighted by Crippen LogP contribution is -2.46. The summed E-state index contributed by atoms with van der Waals surface area (Å²) in [5.41, 5.74) is 5.45. The highest BCUT2D eigenvalue weighted by atomic mass is 16.3. The Morgan fingerprint density at radius 1 is 1.42 bits per heavy atom. The maximum absolute atomic E-state index is 12.0. The predicted octanol–water partition coefficient (Wildman–Crippen LogP) is -0.00590. The van der Waals surface area contributed by atoms with Gasteiger partial charge in [0.15, 0.2) is 0 Å². The molecular weight excluding hydrogens is 246 g/mol. The molecule has 0 spiro atoms. The fourth-order valence-corrected chi connectivity index (χ4v) is 2.14. The lowest BCUT2D eigenvalue weighted by atomic mass is 10.0. The molecule has 1 saturated heterocycles. The van der Waals surface area contributed by atoms with Crippen LogP contribution in [-0.4, -0.2) is 40.0 Å². The average Bonchev–Trinajstić information content (AvgIpc) is 2.90. The number of amides is 1. The van der Waals surface area contributed by atoms with E-state index in [1.165, 1.54) is 12.3 Å². The van der Waals surface area contributed by atoms with Crippen molar-refractivity contribution in [3.8, 4) is 0 Å². The van der Waals surface area contributed by atoms with Crippen molar-refractivity contribution in [2.24, 2.45) is 5.73 Å². The monoisotopic (exact) mass is 267 g/mol. The molecule has 6 heteroatoms. The number of aliphatic hydroxyl groups excluding tert-OH is 1. The minimum atomic E-state index is -1.27. The third-order valence-corrected chi connectivity index (χ3v) is 3.21. The predicted molar refractivity (Wildman–Crippen MR) is 72.5 cm³/mol. The lowest BCUT2D eigenvalue weighted by Gasteiger charge is -2.23. The number of hydrogen-bond donors (Lipinski definition) is 3. The Kier molecular flexibility index (Phi) is 5.26. The van der Waals surface area contributed by atoms with Crippen LogP contribution in [0.1, 0.15) is 31.9 Å². The van der Waals surface area contributed by atoms with E-state index in [1.807, 2.05) is 0 Å². The number of rotatable bonds is 3. The number of nitrogens with two attached hydrogens (primary N) is 1. The lowest BCUT2D eigenvalue weighted by molar-refractivity contribution is -0.134. The molecule has 0 unspecified atom stereocenters. The molecule has 106 valence electrons. The fraction of sp³-hybridized carbons (Fsp3) is 0.538. The van der Waals surface area contributed by atoms with Crippen LogP contribution in [0.4, 0.5) is 0 Å². The van der Waals surface area contributed by atoms with Crippen molar-refractivity contribution in [1.29, 1.82) is 0 Å². The molecule has 0 bridgehead atoms. The molecule has 1 fully saturated rings. The smallest absolute Gasteiger partial charge is 0.253 e. The van der Waals surface area contributed by atoms with E-state index in [-0.39, 0.29) is 18.9 Å². The van der Waals surface area contributed by atoms with Gasteiger partial charge >= 0.3 is 0 Å². The van der Waals surface area contributed by atoms with Gasteiger partial charge in [-0.3, -0.25) is 9.59 Å². The minimum absolute atomic E-state index is 0. The third-order valence-electron chi connectivity index (χ3n) is 3.21. The summed E-state index contributed by atoms with van der Waals surface area (Å²) in [6.07, 6.45) is 2.11. The first-order valence-corrected chi connectivity index (χ1v) is 6.01. The summed E-state index contributed by atoms with van der Waals surface area (Å²) in [6, 6.07) is 1.97. The number of H-pyrrole nitrogens is 1. The van der Waals surface area contributed by atoms with Crippen molar-refractivity contribution in [2.75, 3.05) is 13.1 Å². The van der Waals surface area contributed by atoms with Gasteiger partial charge in [-0.15, -0.1) is 0 Å². The summed E-state index contributed by atoms with van der Waals surface area (Å²) < 4.78 is 0. The highest BCUT2D eigenvalue weighted by molar-refractivity contribution is 5.82. The average molecular weight is 267 g/mol. The second-order valence-electron chi connectivity index (χ2n) is 4.46. The molecule has 2 atom stereocenters. The van der Waals surface area contributed by atoms with Crippen LogP contribution in [0, 0.1) is 0 Å². The summed E-state index contributed by atoms with van der Waals surface area (Å²) in [7, 11) is 0. The van der Waals surface area contributed by atoms with Gasteiger partial charge in [-0.1, -0.05) is 7.43 Å². The van der Waals surface area contributed by atoms with Crippen LogP contribution in [0.3, 0.4) is 0 Å². The molecule has 1 amide bonds. The first kappa shape index (κ1) is 15.4. The molecule has 1 aliphatic rings. The van der Waals surface area contributed by atoms with Gasteiger partial charge in [0.1, 0.15) is 12.1 Å². The van der Waals surface area contributed by atoms with Crippen molar-refractivity contribution in [1.82, 2.24) is 9.88 Å². The molecule has 19 heavy (non-hydrogen) atoms. The number of pyridine rings is 1. The molecule has 1 aromatic rings. The number of carbonyl (C=O) groups excluding carboxylic acids is 1. The van der Waals surface area contributed by atoms with E-state index < -0.39 is 17.7 Å². The molecule has 2 rings (SSSR count). The number of hydrogen-bond acceptors (Lipinski definition) is 4. The molecule has 2 heterocycles. The van der Waals surface area contributed by atoms with Crippen LogP contribution in [0.2, 0.25) is 0 Å². The van der Waals surface area contributed by atoms with Gasteiger partial charge in [0.25, 0.3) is 5.56 Å². The van der Waals surface area contributed by atoms with Crippen molar-refractivity contribution in [2.45, 2.75) is 32.4 Å². The standard InChI is InChI=1S/C12H17N3O3.CH4/c13-9(12(18)15-6-1-2-7-15)10(16)8-4-3-5-14-11(8)17;/h3-5,9-10,16H,1-2,6-7,13H2,(H,14,17);1H4/t9-,10+;/m1./s1. The first-order chi connectivity index (χ1) is 8.61. The van der Waals surface area contributed by atoms with Gasteiger partial charge in [0.2, 0.25) is 5.91 Å². The van der Waals surface area contributed by atoms with Gasteiger partial charge in [0.05, 0.1) is 0 Å². The van der Waals surface area contributed by atoms with Gasteiger partial charge in [0, 0.05) is 24.8 Å². The fourth-order valence-electron chi connectivity index (χ4n) is 2.14. The van der Waals surface area contributed by atoms with Crippen molar-refractivity contribution < 1.29 is 9.90 Å². The van der Waals surface area contributed by atoms with Gasteiger partial charge in [-0.05, 0) is 25.0 Å². The van der Waals surface area contributed by atoms with Crippen LogP contribution in [0.5, 0.6) is 0 Å². The van der Waals surface area contributed by atoms with Crippen LogP contribution in [-0.2, 0) is 4.79 Å². The highest BCUT2D eigenvalue weighted by Gasteiger charge is 2.30. The molecule has 1 aliphatic heterocycles. The Morgan fingerprint density at radius 2 is 2.05 bits per heavy atom. The maximum atomic E-state index is 12.0. The zero-order valence-electron chi connectivity index (χ0n) is 10.0. The number of aromatic amines is 1. The number of aliphatic hydroxyl groups is 1. The van der Waals surface area contributed by atoms with E-state index in [0.717, 1.165) is 12.8 Å². The highest BCUT2D eigenvalue weighted by Crippen LogP contribution is 2.16. The molecule has 0 aliphatic carbocycles. The summed E-state index contributed by atoms with van der Waals surface area (Å²) >= 11 is 0. The van der Waals surface area contributed by atoms with Crippen LogP contribution < -0.4 is 11.3 Å². The molecule has 0 radical (unpaired) electrons. The summed E-state index contributed by atoms with van der Waals surface area (Å²) in [6.45, 7) is 1.34. The van der Waals surface area contributed by atoms with Crippen molar-refractivity contribution >= 4 is 5.91 Å². The molecule has 1 aromatic heterocycles. The topological polar surface area (TPSA) is 99.4 Å². The van der Waals surface area contributed by atoms with E-state index >= 15 is 0 Å². The number of nitrogens with one attached hydrogen (secondary N) is 1. The number of carbonyl (C=O) groups is 1. The molecule has 0 saturated carbocycles. The SMILES string of the molecule is C.N[C@@H](C(=O)N1CCCC1)[C@@H](O)c1ccc[nH]c1=O. The van der Waals surface area contributed by atoms with Crippen molar-refractivity contribution in [3.63, 3.8) is 0 Å². The van der Waals surface area contributed by atoms with Crippen LogP contribution in [0.15, 0.2) is 23.1 Å². The summed E-state index contributed by atoms with van der Waals surface area (Å²) in [5.74, 6) is -0.303. The summed E-state index contributed by atoms with van der Waals surface area (Å²) in [4.78, 5) is 27.6. The number of nitrogens with zero attached hydrogens (tertiary/aromatic N) is 1. The van der Waals surface area contributed by atoms with E-state index in [0.29, 0.717) is 13.1 Å². The van der Waals surface area contributed by atoms with E-state index in [4.69, 9.17) is 5.73 Å². The van der Waals surface area contributed by atoms with Gasteiger partial charge < -0.3 is 20.7 Å². The van der Waals surface area contributed by atoms with Gasteiger partial charge in [-0.2, -0.15) is 0 Å². The Labute approximate surface area is 112 Å². The Bertz CT molecular complexity index is 480. The Hall–Kier alpha value is -1.66.